The normalized spacial score (nSPS) is 10.7. The lowest BCUT2D eigenvalue weighted by atomic mass is 10.0. The maximum absolute atomic E-state index is 13.4. The molecule has 2 aromatic rings. The monoisotopic (exact) mass is 399 g/mol. The van der Waals surface area contributed by atoms with E-state index in [1.165, 1.54) is 13.2 Å². The Morgan fingerprint density at radius 1 is 1.31 bits per heavy atom. The van der Waals surface area contributed by atoms with Gasteiger partial charge in [0.2, 0.25) is 0 Å². The third kappa shape index (κ3) is 4.83. The third-order valence-electron chi connectivity index (χ3n) is 4.00. The minimum absolute atomic E-state index is 0.0129. The van der Waals surface area contributed by atoms with E-state index < -0.39 is 6.43 Å². The van der Waals surface area contributed by atoms with Crippen molar-refractivity contribution in [3.05, 3.63) is 57.6 Å². The molecule has 0 saturated carbocycles. The van der Waals surface area contributed by atoms with Crippen LogP contribution in [0, 0.1) is 6.92 Å². The van der Waals surface area contributed by atoms with E-state index in [4.69, 9.17) is 33.3 Å². The summed E-state index contributed by atoms with van der Waals surface area (Å²) in [5.74, 6) is 0.148. The quantitative estimate of drug-likeness (QED) is 0.597. The predicted molar refractivity (Wildman–Crippen MR) is 105 cm³/mol. The SMILES string of the molecule is CCc1cc(C(F)F)c(OCc2c(Cl)cccc2NC(=S)OC)cc1C. The van der Waals surface area contributed by atoms with Gasteiger partial charge in [0.25, 0.3) is 11.6 Å². The van der Waals surface area contributed by atoms with Crippen molar-refractivity contribution < 1.29 is 18.3 Å². The Labute approximate surface area is 162 Å². The van der Waals surface area contributed by atoms with Crippen LogP contribution in [-0.2, 0) is 17.8 Å². The lowest BCUT2D eigenvalue weighted by Crippen LogP contribution is -2.13. The van der Waals surface area contributed by atoms with Gasteiger partial charge in [-0.25, -0.2) is 8.78 Å². The zero-order chi connectivity index (χ0) is 19.3. The molecule has 1 N–H and O–H groups in total. The molecule has 7 heteroatoms. The summed E-state index contributed by atoms with van der Waals surface area (Å²) in [5, 5.41) is 3.51. The molecule has 0 bridgehead atoms. The zero-order valence-corrected chi connectivity index (χ0v) is 16.3. The smallest absolute Gasteiger partial charge is 0.267 e. The van der Waals surface area contributed by atoms with Crippen molar-refractivity contribution in [1.29, 1.82) is 0 Å². The van der Waals surface area contributed by atoms with Gasteiger partial charge in [-0.1, -0.05) is 24.6 Å². The molecule has 3 nitrogen and oxygen atoms in total. The fourth-order valence-electron chi connectivity index (χ4n) is 2.56. The number of rotatable bonds is 6. The fraction of sp³-hybridized carbons (Fsp3) is 0.316. The molecule has 0 heterocycles. The van der Waals surface area contributed by atoms with E-state index in [0.717, 1.165) is 11.1 Å². The van der Waals surface area contributed by atoms with Gasteiger partial charge in [-0.05, 0) is 61.0 Å². The Morgan fingerprint density at radius 2 is 2.04 bits per heavy atom. The van der Waals surface area contributed by atoms with Gasteiger partial charge in [0, 0.05) is 16.3 Å². The summed E-state index contributed by atoms with van der Waals surface area (Å²) in [6, 6.07) is 8.35. The number of halogens is 3. The van der Waals surface area contributed by atoms with Crippen LogP contribution in [0.25, 0.3) is 0 Å². The number of nitrogens with one attached hydrogen (secondary N) is 1. The molecule has 0 amide bonds. The molecule has 0 radical (unpaired) electrons. The molecule has 2 aromatic carbocycles. The molecule has 0 aromatic heterocycles. The molecule has 0 aliphatic rings. The van der Waals surface area contributed by atoms with Crippen LogP contribution in [0.3, 0.4) is 0 Å². The van der Waals surface area contributed by atoms with E-state index >= 15 is 0 Å². The second-order valence-corrected chi connectivity index (χ2v) is 6.42. The predicted octanol–water partition coefficient (Wildman–Crippen LogP) is 6.07. The molecule has 0 spiro atoms. The van der Waals surface area contributed by atoms with E-state index in [2.05, 4.69) is 5.32 Å². The van der Waals surface area contributed by atoms with Crippen LogP contribution in [-0.4, -0.2) is 12.3 Å². The van der Waals surface area contributed by atoms with Crippen molar-refractivity contribution in [2.45, 2.75) is 33.3 Å². The number of anilines is 1. The molecule has 2 rings (SSSR count). The number of hydrogen-bond acceptors (Lipinski definition) is 3. The first-order chi connectivity index (χ1) is 12.4. The third-order valence-corrected chi connectivity index (χ3v) is 4.62. The van der Waals surface area contributed by atoms with Crippen molar-refractivity contribution in [3.8, 4) is 5.75 Å². The molecule has 0 atom stereocenters. The minimum Gasteiger partial charge on any atom is -0.488 e. The molecule has 0 unspecified atom stereocenters. The van der Waals surface area contributed by atoms with Gasteiger partial charge in [-0.2, -0.15) is 0 Å². The highest BCUT2D eigenvalue weighted by Gasteiger charge is 2.18. The molecule has 140 valence electrons. The Morgan fingerprint density at radius 3 is 2.65 bits per heavy atom. The number of hydrogen-bond donors (Lipinski definition) is 1. The zero-order valence-electron chi connectivity index (χ0n) is 14.7. The molecule has 0 aliphatic heterocycles. The standard InChI is InChI=1S/C19H20ClF2NO2S/c1-4-12-9-13(18(21)22)17(8-11(12)2)25-10-14-15(20)6-5-7-16(14)23-19(26)24-3/h5-9,18H,4,10H2,1-3H3,(H,23,26). The molecule has 0 fully saturated rings. The minimum atomic E-state index is -2.62. The van der Waals surface area contributed by atoms with Gasteiger partial charge in [-0.3, -0.25) is 0 Å². The summed E-state index contributed by atoms with van der Waals surface area (Å²) < 4.78 is 37.5. The number of aryl methyl sites for hydroxylation is 2. The van der Waals surface area contributed by atoms with Crippen LogP contribution in [0.4, 0.5) is 14.5 Å². The fourth-order valence-corrected chi connectivity index (χ4v) is 2.89. The molecule has 0 aliphatic carbocycles. The van der Waals surface area contributed by atoms with Crippen molar-refractivity contribution in [1.82, 2.24) is 0 Å². The number of benzene rings is 2. The first-order valence-corrected chi connectivity index (χ1v) is 8.82. The summed E-state index contributed by atoms with van der Waals surface area (Å²) in [6.45, 7) is 3.82. The second kappa shape index (κ2) is 9.14. The molecule has 26 heavy (non-hydrogen) atoms. The van der Waals surface area contributed by atoms with Crippen molar-refractivity contribution in [2.75, 3.05) is 12.4 Å². The van der Waals surface area contributed by atoms with Crippen molar-refractivity contribution >= 4 is 34.7 Å². The van der Waals surface area contributed by atoms with Crippen LogP contribution in [0.2, 0.25) is 5.02 Å². The van der Waals surface area contributed by atoms with Crippen molar-refractivity contribution in [3.63, 3.8) is 0 Å². The van der Waals surface area contributed by atoms with Gasteiger partial charge in [0.15, 0.2) is 0 Å². The van der Waals surface area contributed by atoms with Crippen LogP contribution in [0.15, 0.2) is 30.3 Å². The van der Waals surface area contributed by atoms with Gasteiger partial charge < -0.3 is 14.8 Å². The second-order valence-electron chi connectivity index (χ2n) is 5.64. The molecule has 0 saturated heterocycles. The number of ether oxygens (including phenoxy) is 2. The van der Waals surface area contributed by atoms with E-state index in [0.29, 0.717) is 22.7 Å². The van der Waals surface area contributed by atoms with Crippen LogP contribution in [0.5, 0.6) is 5.75 Å². The van der Waals surface area contributed by atoms with E-state index in [9.17, 15) is 8.78 Å². The van der Waals surface area contributed by atoms with Crippen LogP contribution < -0.4 is 10.1 Å². The van der Waals surface area contributed by atoms with E-state index in [1.807, 2.05) is 13.8 Å². The van der Waals surface area contributed by atoms with Gasteiger partial charge in [0.05, 0.1) is 12.7 Å². The number of alkyl halides is 2. The topological polar surface area (TPSA) is 30.5 Å². The highest BCUT2D eigenvalue weighted by atomic mass is 35.5. The summed E-state index contributed by atoms with van der Waals surface area (Å²) in [6.07, 6.45) is -1.94. The van der Waals surface area contributed by atoms with Gasteiger partial charge in [0.1, 0.15) is 12.4 Å². The first-order valence-electron chi connectivity index (χ1n) is 8.04. The summed E-state index contributed by atoms with van der Waals surface area (Å²) >= 11 is 11.3. The Bertz CT molecular complexity index is 799. The molecular weight excluding hydrogens is 380 g/mol. The summed E-state index contributed by atoms with van der Waals surface area (Å²) in [5.41, 5.74) is 2.86. The Kier molecular flexibility index (Phi) is 7.17. The van der Waals surface area contributed by atoms with E-state index in [1.54, 1.807) is 24.3 Å². The van der Waals surface area contributed by atoms with Gasteiger partial charge in [-0.15, -0.1) is 0 Å². The first kappa shape index (κ1) is 20.4. The average Bonchev–Trinajstić information content (AvgIpc) is 2.60. The summed E-state index contributed by atoms with van der Waals surface area (Å²) in [7, 11) is 1.45. The highest BCUT2D eigenvalue weighted by Crippen LogP contribution is 2.34. The number of thiocarbonyl (C=S) groups is 1. The van der Waals surface area contributed by atoms with Crippen molar-refractivity contribution in [2.24, 2.45) is 0 Å². The van der Waals surface area contributed by atoms with Gasteiger partial charge >= 0.3 is 0 Å². The van der Waals surface area contributed by atoms with Crippen LogP contribution >= 0.6 is 23.8 Å². The average molecular weight is 400 g/mol. The number of methoxy groups -OCH3 is 1. The highest BCUT2D eigenvalue weighted by molar-refractivity contribution is 7.80. The van der Waals surface area contributed by atoms with E-state index in [-0.39, 0.29) is 23.1 Å². The Balaban J connectivity index is 2.32. The lowest BCUT2D eigenvalue weighted by Gasteiger charge is -2.17. The maximum Gasteiger partial charge on any atom is 0.267 e. The van der Waals surface area contributed by atoms with Crippen LogP contribution in [0.1, 0.15) is 35.6 Å². The largest absolute Gasteiger partial charge is 0.488 e. The lowest BCUT2D eigenvalue weighted by molar-refractivity contribution is 0.144. The molecular formula is C19H20ClF2NO2S. The maximum atomic E-state index is 13.4. The summed E-state index contributed by atoms with van der Waals surface area (Å²) in [4.78, 5) is 0. The Hall–Kier alpha value is -1.92.